The van der Waals surface area contributed by atoms with Crippen LogP contribution in [0, 0.1) is 12.7 Å². The number of carboxylic acid groups (broad SMARTS) is 1. The van der Waals surface area contributed by atoms with E-state index in [1.807, 2.05) is 25.3 Å². The van der Waals surface area contributed by atoms with Crippen molar-refractivity contribution in [3.05, 3.63) is 41.1 Å². The molecule has 0 spiro atoms. The molecular weight excluding hydrogens is 387 g/mol. The van der Waals surface area contributed by atoms with Gasteiger partial charge in [-0.25, -0.2) is 19.3 Å². The molecule has 4 rings (SSSR count). The van der Waals surface area contributed by atoms with Gasteiger partial charge in [-0.1, -0.05) is 11.6 Å². The average Bonchev–Trinajstić information content (AvgIpc) is 3.08. The minimum Gasteiger partial charge on any atom is -0.465 e. The van der Waals surface area contributed by atoms with Gasteiger partial charge in [0, 0.05) is 25.3 Å². The number of likely N-dealkylation sites (tertiary alicyclic amines) is 1. The van der Waals surface area contributed by atoms with Gasteiger partial charge in [-0.05, 0) is 37.5 Å². The first kappa shape index (κ1) is 18.4. The Balaban J connectivity index is 1.68. The van der Waals surface area contributed by atoms with Crippen molar-refractivity contribution >= 4 is 29.0 Å². The molecule has 1 atom stereocenters. The molecule has 28 heavy (non-hydrogen) atoms. The molecule has 0 aromatic carbocycles. The molecule has 1 fully saturated rings. The number of pyridine rings is 1. The van der Waals surface area contributed by atoms with Crippen LogP contribution in [0.2, 0.25) is 5.15 Å². The van der Waals surface area contributed by atoms with Crippen LogP contribution in [0.4, 0.5) is 15.0 Å². The van der Waals surface area contributed by atoms with E-state index in [0.717, 1.165) is 11.1 Å². The highest BCUT2D eigenvalue weighted by Gasteiger charge is 2.25. The number of nitrogens with zero attached hydrogens (tertiary/aromatic N) is 5. The Morgan fingerprint density at radius 2 is 2.25 bits per heavy atom. The summed E-state index contributed by atoms with van der Waals surface area (Å²) in [4.78, 5) is 20.9. The van der Waals surface area contributed by atoms with Crippen LogP contribution in [0.25, 0.3) is 16.9 Å². The van der Waals surface area contributed by atoms with Crippen LogP contribution in [0.15, 0.2) is 24.5 Å². The van der Waals surface area contributed by atoms with Gasteiger partial charge >= 0.3 is 6.09 Å². The topological polar surface area (TPSA) is 95.7 Å². The summed E-state index contributed by atoms with van der Waals surface area (Å²) in [5.74, 6) is -0.551. The summed E-state index contributed by atoms with van der Waals surface area (Å²) < 4.78 is 16.2. The molecule has 0 bridgehead atoms. The summed E-state index contributed by atoms with van der Waals surface area (Å²) in [5.41, 5.74) is 2.45. The number of hydrogen-bond donors (Lipinski definition) is 2. The predicted octanol–water partition coefficient (Wildman–Crippen LogP) is 3.45. The molecule has 2 N–H and O–H groups in total. The van der Waals surface area contributed by atoms with E-state index in [-0.39, 0.29) is 29.4 Å². The van der Waals surface area contributed by atoms with E-state index in [1.165, 1.54) is 4.90 Å². The number of anilines is 1. The Kier molecular flexibility index (Phi) is 4.76. The quantitative estimate of drug-likeness (QED) is 0.649. The fraction of sp³-hybridized carbons (Fsp3) is 0.333. The van der Waals surface area contributed by atoms with Crippen molar-refractivity contribution in [2.75, 3.05) is 18.4 Å². The van der Waals surface area contributed by atoms with E-state index in [1.54, 1.807) is 10.7 Å². The summed E-state index contributed by atoms with van der Waals surface area (Å²) in [6.07, 6.45) is 3.83. The van der Waals surface area contributed by atoms with E-state index < -0.39 is 11.9 Å². The lowest BCUT2D eigenvalue weighted by atomic mass is 10.1. The summed E-state index contributed by atoms with van der Waals surface area (Å²) in [5, 5.41) is 16.1. The number of carbonyl (C=O) groups is 1. The fourth-order valence-corrected chi connectivity index (χ4v) is 3.53. The van der Waals surface area contributed by atoms with Gasteiger partial charge in [0.05, 0.1) is 17.3 Å². The lowest BCUT2D eigenvalue weighted by Crippen LogP contribution is -2.44. The van der Waals surface area contributed by atoms with Gasteiger partial charge in [0.15, 0.2) is 16.8 Å². The number of halogens is 2. The Hall–Kier alpha value is -2.94. The normalized spacial score (nSPS) is 17.1. The molecule has 1 saturated heterocycles. The minimum atomic E-state index is -0.991. The monoisotopic (exact) mass is 404 g/mol. The Morgan fingerprint density at radius 3 is 3.04 bits per heavy atom. The first-order chi connectivity index (χ1) is 13.4. The third-order valence-corrected chi connectivity index (χ3v) is 5.01. The third kappa shape index (κ3) is 3.45. The molecule has 10 heteroatoms. The fourth-order valence-electron chi connectivity index (χ4n) is 3.36. The molecule has 0 radical (unpaired) electrons. The lowest BCUT2D eigenvalue weighted by Gasteiger charge is -2.31. The number of fused-ring (bicyclic) bond motifs is 1. The van der Waals surface area contributed by atoms with Crippen molar-refractivity contribution in [1.29, 1.82) is 0 Å². The second kappa shape index (κ2) is 7.23. The smallest absolute Gasteiger partial charge is 0.407 e. The second-order valence-electron chi connectivity index (χ2n) is 6.80. The lowest BCUT2D eigenvalue weighted by molar-refractivity contribution is 0.132. The number of piperidine rings is 1. The first-order valence-electron chi connectivity index (χ1n) is 8.84. The van der Waals surface area contributed by atoms with Crippen LogP contribution in [-0.2, 0) is 0 Å². The van der Waals surface area contributed by atoms with Gasteiger partial charge < -0.3 is 15.3 Å². The first-order valence-corrected chi connectivity index (χ1v) is 9.22. The van der Waals surface area contributed by atoms with Crippen molar-refractivity contribution in [3.63, 3.8) is 0 Å². The van der Waals surface area contributed by atoms with Crippen molar-refractivity contribution in [1.82, 2.24) is 24.5 Å². The number of rotatable bonds is 3. The number of amides is 1. The molecular formula is C18H18ClFN6O2. The van der Waals surface area contributed by atoms with Gasteiger partial charge in [-0.15, -0.1) is 0 Å². The zero-order valence-electron chi connectivity index (χ0n) is 15.1. The van der Waals surface area contributed by atoms with Crippen molar-refractivity contribution in [3.8, 4) is 11.4 Å². The molecule has 146 valence electrons. The summed E-state index contributed by atoms with van der Waals surface area (Å²) in [6.45, 7) is 2.68. The van der Waals surface area contributed by atoms with Crippen LogP contribution in [-0.4, -0.2) is 54.8 Å². The second-order valence-corrected chi connectivity index (χ2v) is 7.16. The van der Waals surface area contributed by atoms with E-state index in [2.05, 4.69) is 20.4 Å². The number of aromatic nitrogens is 4. The molecule has 3 aromatic rings. The molecule has 1 aliphatic heterocycles. The largest absolute Gasteiger partial charge is 0.465 e. The highest BCUT2D eigenvalue weighted by Crippen LogP contribution is 2.28. The summed E-state index contributed by atoms with van der Waals surface area (Å²) in [7, 11) is 0. The van der Waals surface area contributed by atoms with Crippen molar-refractivity contribution in [2.45, 2.75) is 25.8 Å². The zero-order chi connectivity index (χ0) is 19.8. The molecule has 0 aliphatic carbocycles. The Labute approximate surface area is 165 Å². The maximum absolute atomic E-state index is 14.5. The van der Waals surface area contributed by atoms with E-state index in [4.69, 9.17) is 11.6 Å². The maximum Gasteiger partial charge on any atom is 0.407 e. The van der Waals surface area contributed by atoms with Crippen LogP contribution in [0.1, 0.15) is 18.4 Å². The molecule has 0 unspecified atom stereocenters. The SMILES string of the molecule is Cc1ccn2ncc(-c3nc(Cl)c(F)c(N[C@@H]4CCCN(C(=O)O)C4)n3)c2c1. The molecule has 3 aromatic heterocycles. The predicted molar refractivity (Wildman–Crippen MR) is 102 cm³/mol. The summed E-state index contributed by atoms with van der Waals surface area (Å²) in [6, 6.07) is 3.60. The Bertz CT molecular complexity index is 1060. The van der Waals surface area contributed by atoms with E-state index in [9.17, 15) is 14.3 Å². The number of aryl methyl sites for hydroxylation is 1. The van der Waals surface area contributed by atoms with Crippen LogP contribution < -0.4 is 5.32 Å². The third-order valence-electron chi connectivity index (χ3n) is 4.76. The average molecular weight is 405 g/mol. The molecule has 0 saturated carbocycles. The van der Waals surface area contributed by atoms with Crippen molar-refractivity contribution in [2.24, 2.45) is 0 Å². The molecule has 4 heterocycles. The Morgan fingerprint density at radius 1 is 1.43 bits per heavy atom. The van der Waals surface area contributed by atoms with E-state index >= 15 is 0 Å². The maximum atomic E-state index is 14.5. The summed E-state index contributed by atoms with van der Waals surface area (Å²) >= 11 is 6.02. The van der Waals surface area contributed by atoms with Gasteiger partial charge in [0.1, 0.15) is 0 Å². The van der Waals surface area contributed by atoms with Gasteiger partial charge in [0.2, 0.25) is 5.82 Å². The van der Waals surface area contributed by atoms with Gasteiger partial charge in [0.25, 0.3) is 0 Å². The highest BCUT2D eigenvalue weighted by molar-refractivity contribution is 6.29. The number of hydrogen-bond acceptors (Lipinski definition) is 5. The molecule has 1 aliphatic rings. The number of nitrogens with one attached hydrogen (secondary N) is 1. The van der Waals surface area contributed by atoms with Gasteiger partial charge in [-0.3, -0.25) is 0 Å². The van der Waals surface area contributed by atoms with Crippen LogP contribution >= 0.6 is 11.6 Å². The van der Waals surface area contributed by atoms with Crippen LogP contribution in [0.5, 0.6) is 0 Å². The minimum absolute atomic E-state index is 0.0424. The van der Waals surface area contributed by atoms with E-state index in [0.29, 0.717) is 24.9 Å². The van der Waals surface area contributed by atoms with Gasteiger partial charge in [-0.2, -0.15) is 9.49 Å². The van der Waals surface area contributed by atoms with Crippen LogP contribution in [0.3, 0.4) is 0 Å². The van der Waals surface area contributed by atoms with Crippen molar-refractivity contribution < 1.29 is 14.3 Å². The highest BCUT2D eigenvalue weighted by atomic mass is 35.5. The molecule has 1 amide bonds. The zero-order valence-corrected chi connectivity index (χ0v) is 15.8. The standard InChI is InChI=1S/C18H18ClFN6O2/c1-10-4-6-26-13(7-10)12(8-21-26)16-23-15(19)14(20)17(24-16)22-11-3-2-5-25(9-11)18(27)28/h4,6-8,11H,2-3,5,9H2,1H3,(H,27,28)(H,22,23,24)/t11-/m1/s1. The molecule has 8 nitrogen and oxygen atoms in total.